The van der Waals surface area contributed by atoms with Gasteiger partial charge in [-0.3, -0.25) is 4.79 Å². The van der Waals surface area contributed by atoms with Crippen molar-refractivity contribution in [1.82, 2.24) is 4.90 Å². The molecule has 1 aromatic carbocycles. The molecule has 2 rings (SSSR count). The molecule has 0 fully saturated rings. The van der Waals surface area contributed by atoms with E-state index < -0.39 is 5.41 Å². The van der Waals surface area contributed by atoms with Crippen molar-refractivity contribution in [3.8, 4) is 0 Å². The Kier molecular flexibility index (Phi) is 9.07. The number of rotatable bonds is 2. The number of hydrogen-bond acceptors (Lipinski definition) is 2. The number of hydrogen-bond donors (Lipinski definition) is 0. The Hall–Kier alpha value is -1.90. The molecule has 0 spiro atoms. The zero-order chi connectivity index (χ0) is 17.2. The first-order valence-electron chi connectivity index (χ1n) is 8.09. The summed E-state index contributed by atoms with van der Waals surface area (Å²) in [7, 11) is 1.79. The van der Waals surface area contributed by atoms with Crippen LogP contribution in [0.25, 0.3) is 0 Å². The second kappa shape index (κ2) is 9.93. The third kappa shape index (κ3) is 4.83. The van der Waals surface area contributed by atoms with E-state index in [-0.39, 0.29) is 5.91 Å². The van der Waals surface area contributed by atoms with E-state index in [1.54, 1.807) is 18.1 Å². The number of aliphatic imine (C=N–C) groups is 1. The fourth-order valence-electron chi connectivity index (χ4n) is 2.09. The van der Waals surface area contributed by atoms with Gasteiger partial charge in [-0.2, -0.15) is 0 Å². The average molecular weight is 302 g/mol. The van der Waals surface area contributed by atoms with Crippen LogP contribution in [0.2, 0.25) is 0 Å². The average Bonchev–Trinajstić information content (AvgIpc) is 3.12. The molecule has 0 aliphatic carbocycles. The molecule has 0 N–H and O–H groups in total. The quantitative estimate of drug-likeness (QED) is 0.773. The Bertz CT molecular complexity index is 501. The number of benzene rings is 1. The van der Waals surface area contributed by atoms with Gasteiger partial charge in [0.2, 0.25) is 5.91 Å². The molecule has 0 radical (unpaired) electrons. The molecule has 0 unspecified atom stereocenters. The van der Waals surface area contributed by atoms with Gasteiger partial charge in [-0.05, 0) is 19.4 Å². The third-order valence-corrected chi connectivity index (χ3v) is 3.35. The van der Waals surface area contributed by atoms with Crippen LogP contribution in [0.5, 0.6) is 0 Å². The second-order valence-electron chi connectivity index (χ2n) is 4.99. The highest BCUT2D eigenvalue weighted by atomic mass is 16.2. The van der Waals surface area contributed by atoms with E-state index in [1.807, 2.05) is 78.0 Å². The first-order valence-corrected chi connectivity index (χ1v) is 8.09. The van der Waals surface area contributed by atoms with Crippen molar-refractivity contribution in [3.63, 3.8) is 0 Å². The van der Waals surface area contributed by atoms with E-state index in [0.29, 0.717) is 0 Å². The van der Waals surface area contributed by atoms with E-state index in [2.05, 4.69) is 4.99 Å². The number of nitrogens with zero attached hydrogens (tertiary/aromatic N) is 2. The minimum absolute atomic E-state index is 0.0659. The summed E-state index contributed by atoms with van der Waals surface area (Å²) in [5, 5.41) is 0. The molecule has 3 nitrogen and oxygen atoms in total. The highest BCUT2D eigenvalue weighted by Crippen LogP contribution is 2.25. The molecular formula is C19H30N2O. The number of amides is 1. The molecule has 0 atom stereocenters. The lowest BCUT2D eigenvalue weighted by molar-refractivity contribution is -0.131. The lowest BCUT2D eigenvalue weighted by Crippen LogP contribution is -2.43. The van der Waals surface area contributed by atoms with Crippen LogP contribution >= 0.6 is 0 Å². The maximum absolute atomic E-state index is 12.6. The summed E-state index contributed by atoms with van der Waals surface area (Å²) in [6, 6.07) is 9.84. The largest absolute Gasteiger partial charge is 0.302 e. The molecule has 1 amide bonds. The SMILES string of the molecule is CC.CC.CN(C(=O)C(C)(C)c1ccccc1)C1=NC=CC1. The molecular weight excluding hydrogens is 272 g/mol. The molecule has 122 valence electrons. The molecule has 1 aliphatic rings. The second-order valence-corrected chi connectivity index (χ2v) is 4.99. The van der Waals surface area contributed by atoms with Crippen LogP contribution in [0.1, 0.15) is 53.5 Å². The maximum atomic E-state index is 12.6. The fourth-order valence-corrected chi connectivity index (χ4v) is 2.09. The van der Waals surface area contributed by atoms with Gasteiger partial charge >= 0.3 is 0 Å². The third-order valence-electron chi connectivity index (χ3n) is 3.35. The first-order chi connectivity index (χ1) is 10.5. The van der Waals surface area contributed by atoms with Crippen LogP contribution < -0.4 is 0 Å². The van der Waals surface area contributed by atoms with Crippen molar-refractivity contribution in [2.24, 2.45) is 4.99 Å². The lowest BCUT2D eigenvalue weighted by atomic mass is 9.83. The first kappa shape index (κ1) is 20.1. The van der Waals surface area contributed by atoms with E-state index in [9.17, 15) is 4.79 Å². The van der Waals surface area contributed by atoms with Crippen molar-refractivity contribution in [2.45, 2.75) is 53.4 Å². The van der Waals surface area contributed by atoms with Crippen LogP contribution in [-0.2, 0) is 10.2 Å². The van der Waals surface area contributed by atoms with Crippen LogP contribution in [-0.4, -0.2) is 23.7 Å². The summed E-state index contributed by atoms with van der Waals surface area (Å²) in [5.41, 5.74) is 0.481. The number of likely N-dealkylation sites (N-methyl/N-ethyl adjacent to an activating group) is 1. The van der Waals surface area contributed by atoms with Gasteiger partial charge in [-0.1, -0.05) is 64.1 Å². The molecule has 0 saturated heterocycles. The predicted octanol–water partition coefficient (Wildman–Crippen LogP) is 4.79. The Morgan fingerprint density at radius 2 is 1.64 bits per heavy atom. The standard InChI is InChI=1S/C15H18N2O.2C2H6/c1-15(2,12-8-5-4-6-9-12)14(18)17(3)13-10-7-11-16-13;2*1-2/h4-9,11H,10H2,1-3H3;2*1-2H3. The van der Waals surface area contributed by atoms with Crippen LogP contribution in [0.3, 0.4) is 0 Å². The summed E-state index contributed by atoms with van der Waals surface area (Å²) in [5.74, 6) is 0.875. The highest BCUT2D eigenvalue weighted by Gasteiger charge is 2.33. The Balaban J connectivity index is 0.00000102. The monoisotopic (exact) mass is 302 g/mol. The van der Waals surface area contributed by atoms with E-state index in [4.69, 9.17) is 0 Å². The molecule has 1 aliphatic heterocycles. The number of carbonyl (C=O) groups is 1. The van der Waals surface area contributed by atoms with Gasteiger partial charge in [0.1, 0.15) is 5.84 Å². The smallest absolute Gasteiger partial charge is 0.237 e. The van der Waals surface area contributed by atoms with Gasteiger partial charge in [0.05, 0.1) is 5.41 Å². The van der Waals surface area contributed by atoms with E-state index >= 15 is 0 Å². The topological polar surface area (TPSA) is 32.7 Å². The molecule has 0 saturated carbocycles. The van der Waals surface area contributed by atoms with Crippen LogP contribution in [0.15, 0.2) is 47.6 Å². The lowest BCUT2D eigenvalue weighted by Gasteiger charge is -2.29. The number of carbonyl (C=O) groups excluding carboxylic acids is 1. The molecule has 1 aromatic rings. The normalized spacial score (nSPS) is 12.4. The van der Waals surface area contributed by atoms with Crippen molar-refractivity contribution >= 4 is 11.7 Å². The zero-order valence-corrected chi connectivity index (χ0v) is 15.1. The van der Waals surface area contributed by atoms with Crippen molar-refractivity contribution in [3.05, 3.63) is 48.2 Å². The van der Waals surface area contributed by atoms with Crippen molar-refractivity contribution in [2.75, 3.05) is 7.05 Å². The summed E-state index contributed by atoms with van der Waals surface area (Å²) < 4.78 is 0. The summed E-state index contributed by atoms with van der Waals surface area (Å²) in [6.45, 7) is 11.9. The van der Waals surface area contributed by atoms with Gasteiger partial charge in [0.15, 0.2) is 0 Å². The molecule has 0 aromatic heterocycles. The Morgan fingerprint density at radius 3 is 2.09 bits per heavy atom. The van der Waals surface area contributed by atoms with Crippen molar-refractivity contribution < 1.29 is 4.79 Å². The molecule has 0 bridgehead atoms. The zero-order valence-electron chi connectivity index (χ0n) is 15.1. The van der Waals surface area contributed by atoms with E-state index in [1.165, 1.54) is 0 Å². The van der Waals surface area contributed by atoms with Crippen LogP contribution in [0, 0.1) is 0 Å². The van der Waals surface area contributed by atoms with Crippen LogP contribution in [0.4, 0.5) is 0 Å². The van der Waals surface area contributed by atoms with Gasteiger partial charge in [0.25, 0.3) is 0 Å². The molecule has 3 heteroatoms. The Morgan fingerprint density at radius 1 is 1.09 bits per heavy atom. The molecule has 22 heavy (non-hydrogen) atoms. The minimum atomic E-state index is -0.541. The van der Waals surface area contributed by atoms with E-state index in [0.717, 1.165) is 17.8 Å². The minimum Gasteiger partial charge on any atom is -0.302 e. The van der Waals surface area contributed by atoms with Gasteiger partial charge < -0.3 is 4.90 Å². The number of amidine groups is 1. The summed E-state index contributed by atoms with van der Waals surface area (Å²) in [4.78, 5) is 18.4. The fraction of sp³-hybridized carbons (Fsp3) is 0.474. The molecule has 1 heterocycles. The summed E-state index contributed by atoms with van der Waals surface area (Å²) >= 11 is 0. The van der Waals surface area contributed by atoms with Gasteiger partial charge in [-0.25, -0.2) is 4.99 Å². The predicted molar refractivity (Wildman–Crippen MR) is 96.1 cm³/mol. The Labute approximate surface area is 135 Å². The van der Waals surface area contributed by atoms with Gasteiger partial charge in [0, 0.05) is 19.7 Å². The van der Waals surface area contributed by atoms with Crippen molar-refractivity contribution in [1.29, 1.82) is 0 Å². The van der Waals surface area contributed by atoms with Gasteiger partial charge in [-0.15, -0.1) is 0 Å². The maximum Gasteiger partial charge on any atom is 0.237 e. The highest BCUT2D eigenvalue weighted by molar-refractivity contribution is 6.03. The summed E-state index contributed by atoms with van der Waals surface area (Å²) in [6.07, 6.45) is 4.43.